The lowest BCUT2D eigenvalue weighted by Gasteiger charge is -2.23. The van der Waals surface area contributed by atoms with Gasteiger partial charge in [-0.1, -0.05) is 18.2 Å². The zero-order chi connectivity index (χ0) is 22.0. The predicted octanol–water partition coefficient (Wildman–Crippen LogP) is 3.50. The fraction of sp³-hybridized carbons (Fsp3) is 0.280. The molecule has 0 aliphatic carbocycles. The molecular weight excluding hydrogens is 390 g/mol. The fourth-order valence-corrected chi connectivity index (χ4v) is 4.21. The maximum absolute atomic E-state index is 13.3. The van der Waals surface area contributed by atoms with Crippen LogP contribution in [0.25, 0.3) is 5.69 Å². The first-order chi connectivity index (χ1) is 15.0. The third-order valence-electron chi connectivity index (χ3n) is 5.76. The Morgan fingerprint density at radius 2 is 1.58 bits per heavy atom. The van der Waals surface area contributed by atoms with Crippen molar-refractivity contribution in [1.29, 1.82) is 0 Å². The first-order valence-electron chi connectivity index (χ1n) is 10.5. The minimum atomic E-state index is -0.556. The van der Waals surface area contributed by atoms with E-state index in [1.54, 1.807) is 11.9 Å². The zero-order valence-corrected chi connectivity index (χ0v) is 18.0. The molecule has 2 amide bonds. The highest BCUT2D eigenvalue weighted by molar-refractivity contribution is 5.98. The van der Waals surface area contributed by atoms with E-state index in [-0.39, 0.29) is 17.9 Å². The average Bonchev–Trinajstić information content (AvgIpc) is 3.36. The largest absolute Gasteiger partial charge is 0.488 e. The molecule has 3 aromatic rings. The molecule has 1 fully saturated rings. The Kier molecular flexibility index (Phi) is 5.80. The molecule has 160 valence electrons. The van der Waals surface area contributed by atoms with E-state index in [1.807, 2.05) is 54.6 Å². The van der Waals surface area contributed by atoms with Gasteiger partial charge in [-0.15, -0.1) is 0 Å². The van der Waals surface area contributed by atoms with Crippen LogP contribution in [-0.2, 0) is 4.79 Å². The topological polar surface area (TPSA) is 63.6 Å². The normalized spacial score (nSPS) is 18.1. The summed E-state index contributed by atoms with van der Waals surface area (Å²) in [7, 11) is 1.59. The Balaban J connectivity index is 1.54. The van der Waals surface area contributed by atoms with E-state index >= 15 is 0 Å². The average molecular weight is 418 g/mol. The van der Waals surface area contributed by atoms with Crippen molar-refractivity contribution < 1.29 is 14.3 Å². The van der Waals surface area contributed by atoms with Crippen molar-refractivity contribution in [2.24, 2.45) is 0 Å². The third kappa shape index (κ3) is 4.19. The van der Waals surface area contributed by atoms with Gasteiger partial charge in [0.2, 0.25) is 5.91 Å². The van der Waals surface area contributed by atoms with Crippen molar-refractivity contribution in [1.82, 2.24) is 14.8 Å². The molecule has 6 heteroatoms. The second-order valence-corrected chi connectivity index (χ2v) is 7.87. The number of nitrogens with one attached hydrogen (secondary N) is 1. The van der Waals surface area contributed by atoms with E-state index in [9.17, 15) is 9.59 Å². The summed E-state index contributed by atoms with van der Waals surface area (Å²) in [5, 5.41) is 2.68. The summed E-state index contributed by atoms with van der Waals surface area (Å²) in [6.45, 7) is 4.47. The van der Waals surface area contributed by atoms with Crippen molar-refractivity contribution in [3.8, 4) is 11.4 Å². The number of hydrogen-bond donors (Lipinski definition) is 1. The number of ether oxygens (including phenoxy) is 1. The SMILES string of the molecule is CNC(=O)[C@@H]1C[C@H](Oc2ccccc2)CN1C(=O)c1ccc(-n2c(C)ccc2C)cc1. The maximum Gasteiger partial charge on any atom is 0.254 e. The van der Waals surface area contributed by atoms with Gasteiger partial charge in [0.25, 0.3) is 5.91 Å². The molecule has 2 heterocycles. The van der Waals surface area contributed by atoms with Gasteiger partial charge in [0.05, 0.1) is 6.54 Å². The summed E-state index contributed by atoms with van der Waals surface area (Å²) in [5.74, 6) is 0.391. The van der Waals surface area contributed by atoms with Crippen LogP contribution in [0.5, 0.6) is 5.75 Å². The summed E-state index contributed by atoms with van der Waals surface area (Å²) < 4.78 is 8.17. The molecule has 1 N–H and O–H groups in total. The summed E-state index contributed by atoms with van der Waals surface area (Å²) in [5.41, 5.74) is 3.83. The van der Waals surface area contributed by atoms with Crippen LogP contribution in [0.4, 0.5) is 0 Å². The Labute approximate surface area is 182 Å². The van der Waals surface area contributed by atoms with E-state index < -0.39 is 6.04 Å². The summed E-state index contributed by atoms with van der Waals surface area (Å²) in [4.78, 5) is 27.4. The smallest absolute Gasteiger partial charge is 0.254 e. The molecule has 31 heavy (non-hydrogen) atoms. The molecule has 6 nitrogen and oxygen atoms in total. The van der Waals surface area contributed by atoms with Gasteiger partial charge in [0, 0.05) is 36.1 Å². The molecule has 1 saturated heterocycles. The number of aryl methyl sites for hydroxylation is 2. The van der Waals surface area contributed by atoms with E-state index in [2.05, 4.69) is 35.9 Å². The van der Waals surface area contributed by atoms with Crippen molar-refractivity contribution in [2.75, 3.05) is 13.6 Å². The van der Waals surface area contributed by atoms with Crippen LogP contribution in [0.2, 0.25) is 0 Å². The standard InChI is InChI=1S/C25H27N3O3/c1-17-9-10-18(2)28(17)20-13-11-19(12-14-20)25(30)27-16-22(15-23(27)24(29)26-3)31-21-7-5-4-6-8-21/h4-14,22-23H,15-16H2,1-3H3,(H,26,29)/t22-,23-/m0/s1. The van der Waals surface area contributed by atoms with Gasteiger partial charge in [-0.25, -0.2) is 0 Å². The quantitative estimate of drug-likeness (QED) is 0.691. The van der Waals surface area contributed by atoms with E-state index in [1.165, 1.54) is 0 Å². The number of hydrogen-bond acceptors (Lipinski definition) is 3. The summed E-state index contributed by atoms with van der Waals surface area (Å²) in [6.07, 6.45) is 0.221. The minimum absolute atomic E-state index is 0.166. The molecule has 0 radical (unpaired) electrons. The molecule has 1 aliphatic rings. The first-order valence-corrected chi connectivity index (χ1v) is 10.5. The highest BCUT2D eigenvalue weighted by Gasteiger charge is 2.40. The molecule has 2 atom stereocenters. The van der Waals surface area contributed by atoms with Gasteiger partial charge < -0.3 is 19.5 Å². The number of likely N-dealkylation sites (N-methyl/N-ethyl adjacent to an activating group) is 1. The third-order valence-corrected chi connectivity index (χ3v) is 5.76. The molecule has 2 aromatic carbocycles. The summed E-state index contributed by atoms with van der Waals surface area (Å²) >= 11 is 0. The van der Waals surface area contributed by atoms with Crippen molar-refractivity contribution >= 4 is 11.8 Å². The molecule has 0 spiro atoms. The van der Waals surface area contributed by atoms with Gasteiger partial charge in [0.1, 0.15) is 17.9 Å². The predicted molar refractivity (Wildman–Crippen MR) is 120 cm³/mol. The number of nitrogens with zero attached hydrogens (tertiary/aromatic N) is 2. The van der Waals surface area contributed by atoms with E-state index in [0.29, 0.717) is 18.5 Å². The second kappa shape index (κ2) is 8.68. The fourth-order valence-electron chi connectivity index (χ4n) is 4.21. The molecule has 0 bridgehead atoms. The lowest BCUT2D eigenvalue weighted by molar-refractivity contribution is -0.124. The Hall–Kier alpha value is -3.54. The number of likely N-dealkylation sites (tertiary alicyclic amines) is 1. The monoisotopic (exact) mass is 417 g/mol. The van der Waals surface area contributed by atoms with Crippen LogP contribution in [0.15, 0.2) is 66.7 Å². The van der Waals surface area contributed by atoms with Crippen molar-refractivity contribution in [3.63, 3.8) is 0 Å². The van der Waals surface area contributed by atoms with Gasteiger partial charge >= 0.3 is 0 Å². The van der Waals surface area contributed by atoms with Crippen LogP contribution in [0.1, 0.15) is 28.2 Å². The Bertz CT molecular complexity index is 1050. The maximum atomic E-state index is 13.3. The molecular formula is C25H27N3O3. The first kappa shape index (κ1) is 20.7. The lowest BCUT2D eigenvalue weighted by atomic mass is 10.1. The van der Waals surface area contributed by atoms with Crippen LogP contribution in [0, 0.1) is 13.8 Å². The molecule has 0 saturated carbocycles. The van der Waals surface area contributed by atoms with Crippen molar-refractivity contribution in [2.45, 2.75) is 32.4 Å². The van der Waals surface area contributed by atoms with Crippen molar-refractivity contribution in [3.05, 3.63) is 83.7 Å². The number of para-hydroxylation sites is 1. The number of aromatic nitrogens is 1. The van der Waals surface area contributed by atoms with Crippen LogP contribution >= 0.6 is 0 Å². The molecule has 0 unspecified atom stereocenters. The molecule has 1 aliphatic heterocycles. The van der Waals surface area contributed by atoms with E-state index in [4.69, 9.17) is 4.74 Å². The Morgan fingerprint density at radius 1 is 0.935 bits per heavy atom. The number of benzene rings is 2. The van der Waals surface area contributed by atoms with E-state index in [0.717, 1.165) is 22.8 Å². The van der Waals surface area contributed by atoms with Crippen LogP contribution < -0.4 is 10.1 Å². The van der Waals surface area contributed by atoms with Crippen LogP contribution in [0.3, 0.4) is 0 Å². The highest BCUT2D eigenvalue weighted by atomic mass is 16.5. The number of carbonyl (C=O) groups excluding carboxylic acids is 2. The molecule has 1 aromatic heterocycles. The van der Waals surface area contributed by atoms with Gasteiger partial charge in [0.15, 0.2) is 0 Å². The number of rotatable bonds is 5. The molecule has 4 rings (SSSR count). The number of amides is 2. The van der Waals surface area contributed by atoms with Gasteiger partial charge in [-0.3, -0.25) is 9.59 Å². The van der Waals surface area contributed by atoms with Crippen LogP contribution in [-0.4, -0.2) is 47.0 Å². The highest BCUT2D eigenvalue weighted by Crippen LogP contribution is 2.26. The van der Waals surface area contributed by atoms with Gasteiger partial charge in [-0.05, 0) is 62.4 Å². The second-order valence-electron chi connectivity index (χ2n) is 7.87. The minimum Gasteiger partial charge on any atom is -0.488 e. The van der Waals surface area contributed by atoms with Gasteiger partial charge in [-0.2, -0.15) is 0 Å². The Morgan fingerprint density at radius 3 is 2.19 bits per heavy atom. The summed E-state index contributed by atoms with van der Waals surface area (Å²) in [6, 6.07) is 20.6. The number of carbonyl (C=O) groups is 2. The lowest BCUT2D eigenvalue weighted by Crippen LogP contribution is -2.45. The zero-order valence-electron chi connectivity index (χ0n) is 18.0.